The molecule has 2 aromatic rings. The van der Waals surface area contributed by atoms with E-state index in [-0.39, 0.29) is 23.6 Å². The summed E-state index contributed by atoms with van der Waals surface area (Å²) in [6.45, 7) is 1.06. The van der Waals surface area contributed by atoms with Gasteiger partial charge in [0.15, 0.2) is 0 Å². The van der Waals surface area contributed by atoms with Crippen LogP contribution >= 0.6 is 0 Å². The molecule has 0 spiro atoms. The van der Waals surface area contributed by atoms with Crippen molar-refractivity contribution in [3.8, 4) is 0 Å². The molecule has 0 saturated carbocycles. The van der Waals surface area contributed by atoms with Gasteiger partial charge in [-0.25, -0.2) is 4.79 Å². The molecule has 6 heteroatoms. The largest absolute Gasteiger partial charge is 0.478 e. The van der Waals surface area contributed by atoms with E-state index >= 15 is 0 Å². The lowest BCUT2D eigenvalue weighted by molar-refractivity contribution is -0.0349. The summed E-state index contributed by atoms with van der Waals surface area (Å²) >= 11 is 0. The molecular formula is C18H19NO5. The maximum atomic E-state index is 12.5. The lowest BCUT2D eigenvalue weighted by Crippen LogP contribution is -2.50. The number of carboxylic acids is 1. The van der Waals surface area contributed by atoms with Gasteiger partial charge >= 0.3 is 5.97 Å². The third-order valence-electron chi connectivity index (χ3n) is 4.26. The highest BCUT2D eigenvalue weighted by Crippen LogP contribution is 2.19. The maximum absolute atomic E-state index is 12.5. The van der Waals surface area contributed by atoms with E-state index in [1.54, 1.807) is 37.4 Å². The second-order valence-corrected chi connectivity index (χ2v) is 5.80. The Hall–Kier alpha value is -2.44. The summed E-state index contributed by atoms with van der Waals surface area (Å²) in [5, 5.41) is 13.6. The number of methoxy groups -OCH3 is 1. The van der Waals surface area contributed by atoms with Crippen molar-refractivity contribution in [3.63, 3.8) is 0 Å². The van der Waals surface area contributed by atoms with E-state index in [1.165, 1.54) is 6.07 Å². The molecule has 24 heavy (non-hydrogen) atoms. The van der Waals surface area contributed by atoms with Gasteiger partial charge in [-0.2, -0.15) is 0 Å². The van der Waals surface area contributed by atoms with Gasteiger partial charge in [0.25, 0.3) is 5.91 Å². The third kappa shape index (κ3) is 3.39. The highest BCUT2D eigenvalue weighted by Gasteiger charge is 2.27. The Balaban J connectivity index is 1.79. The number of carbonyl (C=O) groups is 2. The van der Waals surface area contributed by atoms with Gasteiger partial charge in [-0.15, -0.1) is 0 Å². The number of rotatable bonds is 4. The van der Waals surface area contributed by atoms with E-state index in [0.717, 1.165) is 17.2 Å². The minimum Gasteiger partial charge on any atom is -0.478 e. The van der Waals surface area contributed by atoms with Gasteiger partial charge in [0.2, 0.25) is 0 Å². The van der Waals surface area contributed by atoms with Crippen LogP contribution in [0.2, 0.25) is 0 Å². The lowest BCUT2D eigenvalue weighted by atomic mass is 10.0. The summed E-state index contributed by atoms with van der Waals surface area (Å²) < 4.78 is 10.8. The molecule has 3 rings (SSSR count). The highest BCUT2D eigenvalue weighted by molar-refractivity contribution is 6.00. The summed E-state index contributed by atoms with van der Waals surface area (Å²) in [4.78, 5) is 23.5. The first-order valence-electron chi connectivity index (χ1n) is 7.77. The molecule has 2 atom stereocenters. The monoisotopic (exact) mass is 329 g/mol. The van der Waals surface area contributed by atoms with E-state index in [4.69, 9.17) is 14.6 Å². The summed E-state index contributed by atoms with van der Waals surface area (Å²) in [5.41, 5.74) is 0.744. The molecular weight excluding hydrogens is 310 g/mol. The molecule has 1 saturated heterocycles. The van der Waals surface area contributed by atoms with Crippen molar-refractivity contribution in [1.29, 1.82) is 0 Å². The molecule has 0 aliphatic carbocycles. The second kappa shape index (κ2) is 6.98. The quantitative estimate of drug-likeness (QED) is 0.897. The Kier molecular flexibility index (Phi) is 4.78. The molecule has 1 fully saturated rings. The number of nitrogens with one attached hydrogen (secondary N) is 1. The fourth-order valence-electron chi connectivity index (χ4n) is 2.91. The molecule has 2 N–H and O–H groups in total. The molecule has 1 heterocycles. The van der Waals surface area contributed by atoms with E-state index < -0.39 is 5.97 Å². The van der Waals surface area contributed by atoms with Crippen LogP contribution in [0.15, 0.2) is 36.4 Å². The average molecular weight is 329 g/mol. The number of hydrogen-bond donors (Lipinski definition) is 2. The zero-order valence-electron chi connectivity index (χ0n) is 13.3. The number of aromatic carboxylic acids is 1. The van der Waals surface area contributed by atoms with Crippen molar-refractivity contribution < 1.29 is 24.2 Å². The zero-order chi connectivity index (χ0) is 17.1. The van der Waals surface area contributed by atoms with Crippen LogP contribution in [0, 0.1) is 0 Å². The summed E-state index contributed by atoms with van der Waals surface area (Å²) in [6.07, 6.45) is 0.693. The minimum atomic E-state index is -0.971. The van der Waals surface area contributed by atoms with Crippen LogP contribution in [0.4, 0.5) is 0 Å². The van der Waals surface area contributed by atoms with Crippen LogP contribution in [0.25, 0.3) is 10.8 Å². The van der Waals surface area contributed by atoms with Crippen LogP contribution in [0.3, 0.4) is 0 Å². The van der Waals surface area contributed by atoms with Gasteiger partial charge in [0, 0.05) is 19.3 Å². The summed E-state index contributed by atoms with van der Waals surface area (Å²) in [5.74, 6) is -1.17. The number of hydrogen-bond acceptors (Lipinski definition) is 4. The van der Waals surface area contributed by atoms with Crippen molar-refractivity contribution in [2.75, 3.05) is 20.3 Å². The van der Waals surface area contributed by atoms with Gasteiger partial charge < -0.3 is 19.9 Å². The molecule has 1 aliphatic rings. The van der Waals surface area contributed by atoms with Gasteiger partial charge in [0.05, 0.1) is 24.3 Å². The zero-order valence-corrected chi connectivity index (χ0v) is 13.3. The van der Waals surface area contributed by atoms with E-state index in [1.807, 2.05) is 0 Å². The fourth-order valence-corrected chi connectivity index (χ4v) is 2.91. The van der Waals surface area contributed by atoms with Crippen LogP contribution in [0.5, 0.6) is 0 Å². The van der Waals surface area contributed by atoms with Gasteiger partial charge in [-0.05, 0) is 41.5 Å². The van der Waals surface area contributed by atoms with Crippen LogP contribution in [0.1, 0.15) is 27.1 Å². The Morgan fingerprint density at radius 1 is 1.17 bits per heavy atom. The van der Waals surface area contributed by atoms with Crippen molar-refractivity contribution >= 4 is 22.6 Å². The first kappa shape index (κ1) is 16.4. The predicted molar refractivity (Wildman–Crippen MR) is 88.4 cm³/mol. The number of ether oxygens (including phenoxy) is 2. The van der Waals surface area contributed by atoms with Gasteiger partial charge in [-0.3, -0.25) is 4.79 Å². The smallest absolute Gasteiger partial charge is 0.335 e. The molecule has 6 nitrogen and oxygen atoms in total. The minimum absolute atomic E-state index is 0.0544. The van der Waals surface area contributed by atoms with Crippen molar-refractivity contribution in [2.45, 2.75) is 18.6 Å². The van der Waals surface area contributed by atoms with Crippen molar-refractivity contribution in [3.05, 3.63) is 47.5 Å². The Morgan fingerprint density at radius 3 is 2.50 bits per heavy atom. The molecule has 2 aromatic carbocycles. The lowest BCUT2D eigenvalue weighted by Gasteiger charge is -2.31. The molecule has 0 aromatic heterocycles. The second-order valence-electron chi connectivity index (χ2n) is 5.80. The standard InChI is InChI=1S/C18H19NO5/c1-23-16-6-7-24-10-15(16)19-17(20)13-4-2-12-9-14(18(21)22)5-3-11(12)8-13/h2-5,8-9,15-16H,6-7,10H2,1H3,(H,19,20)(H,21,22)/t15-,16-/m1/s1. The molecule has 126 valence electrons. The maximum Gasteiger partial charge on any atom is 0.335 e. The Morgan fingerprint density at radius 2 is 1.83 bits per heavy atom. The first-order valence-corrected chi connectivity index (χ1v) is 7.77. The summed E-state index contributed by atoms with van der Waals surface area (Å²) in [7, 11) is 1.63. The third-order valence-corrected chi connectivity index (χ3v) is 4.26. The first-order chi connectivity index (χ1) is 11.6. The number of amides is 1. The number of fused-ring (bicyclic) bond motifs is 1. The molecule has 1 amide bonds. The Bertz CT molecular complexity index is 773. The predicted octanol–water partition coefficient (Wildman–Crippen LogP) is 2.07. The van der Waals surface area contributed by atoms with Crippen LogP contribution in [-0.4, -0.2) is 49.5 Å². The van der Waals surface area contributed by atoms with Gasteiger partial charge in [-0.1, -0.05) is 12.1 Å². The topological polar surface area (TPSA) is 84.9 Å². The number of carboxylic acid groups (broad SMARTS) is 1. The SMILES string of the molecule is CO[C@@H]1CCOC[C@H]1NC(=O)c1ccc2cc(C(=O)O)ccc2c1. The van der Waals surface area contributed by atoms with Crippen molar-refractivity contribution in [1.82, 2.24) is 5.32 Å². The van der Waals surface area contributed by atoms with Crippen molar-refractivity contribution in [2.24, 2.45) is 0 Å². The van der Waals surface area contributed by atoms with Crippen LogP contribution in [-0.2, 0) is 9.47 Å². The molecule has 1 aliphatic heterocycles. The van der Waals surface area contributed by atoms with E-state index in [2.05, 4.69) is 5.32 Å². The fraction of sp³-hybridized carbons (Fsp3) is 0.333. The molecule has 0 radical (unpaired) electrons. The van der Waals surface area contributed by atoms with E-state index in [0.29, 0.717) is 18.8 Å². The van der Waals surface area contributed by atoms with E-state index in [9.17, 15) is 9.59 Å². The van der Waals surface area contributed by atoms with Gasteiger partial charge in [0.1, 0.15) is 0 Å². The number of carbonyl (C=O) groups excluding carboxylic acids is 1. The normalized spacial score (nSPS) is 20.7. The Labute approximate surface area is 139 Å². The molecule has 0 unspecified atom stereocenters. The average Bonchev–Trinajstić information content (AvgIpc) is 2.61. The summed E-state index contributed by atoms with van der Waals surface area (Å²) in [6, 6.07) is 9.84. The molecule has 0 bridgehead atoms. The van der Waals surface area contributed by atoms with Crippen LogP contribution < -0.4 is 5.32 Å². The highest BCUT2D eigenvalue weighted by atomic mass is 16.5. The number of benzene rings is 2.